The second kappa shape index (κ2) is 8.36. The molecule has 0 fully saturated rings. The van der Waals surface area contributed by atoms with Gasteiger partial charge in [0, 0.05) is 11.6 Å². The molecule has 0 N–H and O–H groups in total. The SMILES string of the molecule is COc1cccc([C@@H]2c3c(oc4cc(C)c(Cl)cc4c3=O)C(=O)N2CCCN(C)C)c1. The van der Waals surface area contributed by atoms with Crippen molar-refractivity contribution < 1.29 is 13.9 Å². The lowest BCUT2D eigenvalue weighted by Gasteiger charge is -2.26. The van der Waals surface area contributed by atoms with Crippen LogP contribution >= 0.6 is 11.6 Å². The number of benzene rings is 2. The van der Waals surface area contributed by atoms with Crippen LogP contribution in [0.5, 0.6) is 5.75 Å². The van der Waals surface area contributed by atoms with Gasteiger partial charge in [-0.05, 0) is 69.4 Å². The Kier molecular flexibility index (Phi) is 5.77. The number of carbonyl (C=O) groups excluding carboxylic acids is 1. The standard InChI is InChI=1S/C24H25ClN2O4/c1-14-11-19-17(13-18(14)25)22(28)20-21(15-7-5-8-16(12-15)30-4)27(10-6-9-26(2)3)24(29)23(20)31-19/h5,7-8,11-13,21H,6,9-10H2,1-4H3/t21-/m1/s1. The van der Waals surface area contributed by atoms with Crippen LogP contribution in [-0.4, -0.2) is 50.0 Å². The number of methoxy groups -OCH3 is 1. The molecule has 0 spiro atoms. The Morgan fingerprint density at radius 2 is 1.97 bits per heavy atom. The smallest absolute Gasteiger partial charge is 0.290 e. The number of rotatable bonds is 6. The van der Waals surface area contributed by atoms with Gasteiger partial charge in [-0.25, -0.2) is 0 Å². The van der Waals surface area contributed by atoms with E-state index in [1.54, 1.807) is 24.1 Å². The Morgan fingerprint density at radius 1 is 1.19 bits per heavy atom. The number of ether oxygens (including phenoxy) is 1. The third-order valence-corrected chi connectivity index (χ3v) is 6.07. The fraction of sp³-hybridized carbons (Fsp3) is 0.333. The largest absolute Gasteiger partial charge is 0.497 e. The van der Waals surface area contributed by atoms with Gasteiger partial charge in [-0.2, -0.15) is 0 Å². The summed E-state index contributed by atoms with van der Waals surface area (Å²) in [6.45, 7) is 3.16. The second-order valence-corrected chi connectivity index (χ2v) is 8.51. The van der Waals surface area contributed by atoms with E-state index in [-0.39, 0.29) is 17.1 Å². The van der Waals surface area contributed by atoms with Crippen LogP contribution in [-0.2, 0) is 0 Å². The van der Waals surface area contributed by atoms with Crippen molar-refractivity contribution in [2.75, 3.05) is 34.3 Å². The number of nitrogens with zero attached hydrogens (tertiary/aromatic N) is 2. The molecule has 1 atom stereocenters. The van der Waals surface area contributed by atoms with E-state index in [1.807, 2.05) is 45.3 Å². The van der Waals surface area contributed by atoms with Gasteiger partial charge in [-0.3, -0.25) is 9.59 Å². The van der Waals surface area contributed by atoms with Crippen molar-refractivity contribution in [3.8, 4) is 5.75 Å². The predicted octanol–water partition coefficient (Wildman–Crippen LogP) is 4.26. The highest BCUT2D eigenvalue weighted by molar-refractivity contribution is 6.32. The van der Waals surface area contributed by atoms with Crippen molar-refractivity contribution in [1.29, 1.82) is 0 Å². The lowest BCUT2D eigenvalue weighted by molar-refractivity contribution is 0.0722. The minimum Gasteiger partial charge on any atom is -0.497 e. The minimum absolute atomic E-state index is 0.108. The molecule has 7 heteroatoms. The van der Waals surface area contributed by atoms with E-state index in [9.17, 15) is 9.59 Å². The van der Waals surface area contributed by atoms with Crippen molar-refractivity contribution in [3.05, 3.63) is 74.1 Å². The lowest BCUT2D eigenvalue weighted by atomic mass is 9.98. The van der Waals surface area contributed by atoms with Crippen LogP contribution < -0.4 is 10.2 Å². The van der Waals surface area contributed by atoms with E-state index in [2.05, 4.69) is 4.90 Å². The normalized spacial score (nSPS) is 15.7. The maximum absolute atomic E-state index is 13.6. The molecule has 2 aromatic carbocycles. The molecule has 0 saturated heterocycles. The van der Waals surface area contributed by atoms with E-state index >= 15 is 0 Å². The first kappa shape index (κ1) is 21.4. The van der Waals surface area contributed by atoms with Gasteiger partial charge in [0.25, 0.3) is 5.91 Å². The number of halogens is 1. The van der Waals surface area contributed by atoms with Crippen LogP contribution in [0.4, 0.5) is 0 Å². The monoisotopic (exact) mass is 440 g/mol. The third-order valence-electron chi connectivity index (χ3n) is 5.66. The van der Waals surface area contributed by atoms with Gasteiger partial charge in [-0.1, -0.05) is 23.7 Å². The number of hydrogen-bond donors (Lipinski definition) is 0. The first-order valence-electron chi connectivity index (χ1n) is 10.2. The molecule has 0 bridgehead atoms. The predicted molar refractivity (Wildman–Crippen MR) is 121 cm³/mol. The van der Waals surface area contributed by atoms with E-state index in [1.165, 1.54) is 0 Å². The summed E-state index contributed by atoms with van der Waals surface area (Å²) in [7, 11) is 5.57. The molecule has 1 aromatic heterocycles. The van der Waals surface area contributed by atoms with Crippen LogP contribution in [0.15, 0.2) is 45.6 Å². The van der Waals surface area contributed by atoms with Crippen LogP contribution in [0.1, 0.15) is 39.7 Å². The van der Waals surface area contributed by atoms with Gasteiger partial charge < -0.3 is 19.0 Å². The quantitative estimate of drug-likeness (QED) is 0.573. The van der Waals surface area contributed by atoms with E-state index < -0.39 is 6.04 Å². The lowest BCUT2D eigenvalue weighted by Crippen LogP contribution is -2.32. The average Bonchev–Trinajstić information content (AvgIpc) is 3.02. The maximum atomic E-state index is 13.6. The van der Waals surface area contributed by atoms with E-state index in [4.69, 9.17) is 20.8 Å². The van der Waals surface area contributed by atoms with Crippen molar-refractivity contribution in [2.24, 2.45) is 0 Å². The number of carbonyl (C=O) groups is 1. The van der Waals surface area contributed by atoms with Crippen LogP contribution in [0, 0.1) is 6.92 Å². The molecular weight excluding hydrogens is 416 g/mol. The molecule has 6 nitrogen and oxygen atoms in total. The minimum atomic E-state index is -0.541. The molecule has 31 heavy (non-hydrogen) atoms. The van der Waals surface area contributed by atoms with Crippen LogP contribution in [0.3, 0.4) is 0 Å². The Morgan fingerprint density at radius 3 is 2.68 bits per heavy atom. The summed E-state index contributed by atoms with van der Waals surface area (Å²) in [6, 6.07) is 10.3. The zero-order valence-electron chi connectivity index (χ0n) is 18.1. The van der Waals surface area contributed by atoms with Crippen LogP contribution in [0.25, 0.3) is 11.0 Å². The summed E-state index contributed by atoms with van der Waals surface area (Å²) in [6.07, 6.45) is 0.770. The summed E-state index contributed by atoms with van der Waals surface area (Å²) in [5, 5.41) is 0.870. The summed E-state index contributed by atoms with van der Waals surface area (Å²) < 4.78 is 11.4. The zero-order valence-corrected chi connectivity index (χ0v) is 18.8. The summed E-state index contributed by atoms with van der Waals surface area (Å²) >= 11 is 6.28. The highest BCUT2D eigenvalue weighted by Gasteiger charge is 2.42. The number of hydrogen-bond acceptors (Lipinski definition) is 5. The molecule has 4 rings (SSSR count). The summed E-state index contributed by atoms with van der Waals surface area (Å²) in [4.78, 5) is 30.7. The van der Waals surface area contributed by atoms with Gasteiger partial charge >= 0.3 is 0 Å². The second-order valence-electron chi connectivity index (χ2n) is 8.11. The number of fused-ring (bicyclic) bond motifs is 2. The molecular formula is C24H25ClN2O4. The highest BCUT2D eigenvalue weighted by atomic mass is 35.5. The van der Waals surface area contributed by atoms with Crippen molar-refractivity contribution in [1.82, 2.24) is 9.80 Å². The molecule has 0 radical (unpaired) electrons. The molecule has 3 aromatic rings. The van der Waals surface area contributed by atoms with Crippen LogP contribution in [0.2, 0.25) is 5.02 Å². The Bertz CT molecular complexity index is 1220. The Hall–Kier alpha value is -2.83. The molecule has 0 saturated carbocycles. The van der Waals surface area contributed by atoms with Gasteiger partial charge in [-0.15, -0.1) is 0 Å². The molecule has 2 heterocycles. The van der Waals surface area contributed by atoms with Crippen molar-refractivity contribution >= 4 is 28.5 Å². The molecule has 0 aliphatic carbocycles. The summed E-state index contributed by atoms with van der Waals surface area (Å²) in [5.74, 6) is 0.501. The van der Waals surface area contributed by atoms with E-state index in [0.29, 0.717) is 33.8 Å². The molecule has 1 aliphatic heterocycles. The van der Waals surface area contributed by atoms with Gasteiger partial charge in [0.15, 0.2) is 5.43 Å². The first-order valence-corrected chi connectivity index (χ1v) is 10.6. The average molecular weight is 441 g/mol. The number of aryl methyl sites for hydroxylation is 1. The highest BCUT2D eigenvalue weighted by Crippen LogP contribution is 2.39. The fourth-order valence-electron chi connectivity index (χ4n) is 4.09. The molecule has 162 valence electrons. The van der Waals surface area contributed by atoms with E-state index in [0.717, 1.165) is 24.1 Å². The van der Waals surface area contributed by atoms with Crippen molar-refractivity contribution in [3.63, 3.8) is 0 Å². The maximum Gasteiger partial charge on any atom is 0.290 e. The first-order chi connectivity index (χ1) is 14.8. The Labute approximate surface area is 186 Å². The molecule has 0 unspecified atom stereocenters. The Balaban J connectivity index is 1.91. The zero-order chi connectivity index (χ0) is 22.3. The van der Waals surface area contributed by atoms with Gasteiger partial charge in [0.2, 0.25) is 5.76 Å². The van der Waals surface area contributed by atoms with Gasteiger partial charge in [0.1, 0.15) is 11.3 Å². The molecule has 1 amide bonds. The van der Waals surface area contributed by atoms with Gasteiger partial charge in [0.05, 0.1) is 24.1 Å². The third kappa shape index (κ3) is 3.82. The number of amides is 1. The fourth-order valence-corrected chi connectivity index (χ4v) is 4.25. The molecule has 1 aliphatic rings. The van der Waals surface area contributed by atoms with Crippen molar-refractivity contribution in [2.45, 2.75) is 19.4 Å². The topological polar surface area (TPSA) is 63.0 Å². The summed E-state index contributed by atoms with van der Waals surface area (Å²) in [5.41, 5.74) is 2.10.